The highest BCUT2D eigenvalue weighted by atomic mass is 32.2. The third kappa shape index (κ3) is 2.34. The first-order chi connectivity index (χ1) is 12.1. The first-order valence-corrected chi connectivity index (χ1v) is 8.91. The largest absolute Gasteiger partial charge is 0.493 e. The second-order valence-corrected chi connectivity index (χ2v) is 7.47. The molecular formula is C15H10F3NO6S. The Labute approximate surface area is 145 Å². The fourth-order valence-electron chi connectivity index (χ4n) is 3.36. The van der Waals surface area contributed by atoms with Gasteiger partial charge in [-0.1, -0.05) is 12.1 Å². The molecule has 3 heterocycles. The van der Waals surface area contributed by atoms with Crippen molar-refractivity contribution in [1.82, 2.24) is 5.06 Å². The molecule has 0 radical (unpaired) electrons. The number of carbonyl (C=O) groups is 2. The lowest BCUT2D eigenvalue weighted by atomic mass is 9.89. The Balaban J connectivity index is 1.70. The third-order valence-electron chi connectivity index (χ3n) is 4.45. The predicted octanol–water partition coefficient (Wildman–Crippen LogP) is 1.76. The topological polar surface area (TPSA) is 90.0 Å². The van der Waals surface area contributed by atoms with Gasteiger partial charge < -0.3 is 4.74 Å². The minimum absolute atomic E-state index is 0.0172. The van der Waals surface area contributed by atoms with Crippen LogP contribution in [-0.2, 0) is 34.9 Å². The Morgan fingerprint density at radius 3 is 2.54 bits per heavy atom. The fraction of sp³-hybridized carbons (Fsp3) is 0.333. The molecule has 2 fully saturated rings. The van der Waals surface area contributed by atoms with E-state index in [0.29, 0.717) is 30.7 Å². The molecule has 2 bridgehead atoms. The van der Waals surface area contributed by atoms with Crippen molar-refractivity contribution in [2.24, 2.45) is 5.92 Å². The zero-order chi connectivity index (χ0) is 18.9. The highest BCUT2D eigenvalue weighted by Crippen LogP contribution is 2.47. The van der Waals surface area contributed by atoms with Crippen molar-refractivity contribution in [2.75, 3.05) is 0 Å². The van der Waals surface area contributed by atoms with Crippen molar-refractivity contribution < 1.29 is 40.2 Å². The first-order valence-electron chi connectivity index (χ1n) is 7.50. The minimum atomic E-state index is -5.07. The molecule has 2 unspecified atom stereocenters. The quantitative estimate of drug-likeness (QED) is 0.732. The molecule has 0 spiro atoms. The molecule has 2 saturated heterocycles. The molecule has 1 aromatic carbocycles. The Kier molecular flexibility index (Phi) is 3.47. The van der Waals surface area contributed by atoms with Crippen molar-refractivity contribution in [3.05, 3.63) is 41.2 Å². The van der Waals surface area contributed by atoms with Crippen LogP contribution >= 0.6 is 0 Å². The van der Waals surface area contributed by atoms with Gasteiger partial charge >= 0.3 is 16.3 Å². The number of fused-ring (bicyclic) bond motifs is 4. The third-order valence-corrected chi connectivity index (χ3v) is 5.69. The van der Waals surface area contributed by atoms with E-state index in [2.05, 4.69) is 4.28 Å². The van der Waals surface area contributed by atoms with E-state index in [0.717, 1.165) is 12.1 Å². The number of hydroxylamine groups is 2. The highest BCUT2D eigenvalue weighted by molar-refractivity contribution is 7.86. The monoisotopic (exact) mass is 389 g/mol. The number of alkyl halides is 3. The minimum Gasteiger partial charge on any atom is -0.493 e. The van der Waals surface area contributed by atoms with Crippen molar-refractivity contribution in [3.8, 4) is 0 Å². The van der Waals surface area contributed by atoms with Gasteiger partial charge in [-0.2, -0.15) is 21.6 Å². The summed E-state index contributed by atoms with van der Waals surface area (Å²) in [7, 11) is -5.07. The van der Waals surface area contributed by atoms with E-state index in [1.807, 2.05) is 0 Å². The smallest absolute Gasteiger partial charge is 0.417 e. The Hall–Kier alpha value is -2.40. The summed E-state index contributed by atoms with van der Waals surface area (Å²) in [5.41, 5.74) is -1.43. The van der Waals surface area contributed by atoms with E-state index in [1.54, 1.807) is 0 Å². The average molecular weight is 389 g/mol. The maximum atomic E-state index is 13.1. The molecule has 4 rings (SSSR count). The van der Waals surface area contributed by atoms with E-state index < -0.39 is 50.6 Å². The van der Waals surface area contributed by atoms with Crippen LogP contribution in [0, 0.1) is 5.92 Å². The summed E-state index contributed by atoms with van der Waals surface area (Å²) in [6.07, 6.45) is -4.59. The number of ether oxygens (including phenoxy) is 1. The van der Waals surface area contributed by atoms with Gasteiger partial charge in [0.05, 0.1) is 11.1 Å². The maximum Gasteiger partial charge on any atom is 0.417 e. The molecule has 2 atom stereocenters. The lowest BCUT2D eigenvalue weighted by Gasteiger charge is -2.17. The van der Waals surface area contributed by atoms with Gasteiger partial charge in [-0.3, -0.25) is 9.59 Å². The van der Waals surface area contributed by atoms with Crippen LogP contribution < -0.4 is 0 Å². The van der Waals surface area contributed by atoms with Crippen LogP contribution in [-0.4, -0.2) is 31.4 Å². The summed E-state index contributed by atoms with van der Waals surface area (Å²) in [6, 6.07) is 3.35. The van der Waals surface area contributed by atoms with E-state index in [4.69, 9.17) is 4.74 Å². The van der Waals surface area contributed by atoms with E-state index in [1.165, 1.54) is 0 Å². The van der Waals surface area contributed by atoms with E-state index >= 15 is 0 Å². The number of imide groups is 1. The van der Waals surface area contributed by atoms with Gasteiger partial charge in [-0.05, 0) is 18.6 Å². The Morgan fingerprint density at radius 2 is 1.88 bits per heavy atom. The standard InChI is InChI=1S/C15H10F3NO6S/c16-15(17,18)7-3-1-2-4-10(7)26(22,23)25-19-13(20)11-8-5-6-9(24-8)12(11)14(19)21/h1-4,8,11H,5-6H2. The average Bonchev–Trinajstić information content (AvgIpc) is 3.24. The highest BCUT2D eigenvalue weighted by Gasteiger charge is 2.58. The fourth-order valence-corrected chi connectivity index (χ4v) is 4.48. The number of hydrogen-bond acceptors (Lipinski definition) is 6. The Bertz CT molecular complexity index is 968. The summed E-state index contributed by atoms with van der Waals surface area (Å²) in [5.74, 6) is -2.65. The molecule has 0 N–H and O–H groups in total. The number of halogens is 3. The molecule has 3 aliphatic rings. The number of hydrogen-bond donors (Lipinski definition) is 0. The number of nitrogens with zero attached hydrogens (tertiary/aromatic N) is 1. The molecule has 3 aliphatic heterocycles. The van der Waals surface area contributed by atoms with Crippen molar-refractivity contribution in [2.45, 2.75) is 30.0 Å². The maximum absolute atomic E-state index is 13.1. The molecule has 138 valence electrons. The van der Waals surface area contributed by atoms with Gasteiger partial charge in [0.25, 0.3) is 11.8 Å². The normalized spacial score (nSPS) is 25.1. The van der Waals surface area contributed by atoms with Gasteiger partial charge in [0.2, 0.25) is 0 Å². The predicted molar refractivity (Wildman–Crippen MR) is 76.2 cm³/mol. The van der Waals surface area contributed by atoms with Gasteiger partial charge in [0.15, 0.2) is 0 Å². The molecule has 0 saturated carbocycles. The van der Waals surface area contributed by atoms with Crippen LogP contribution in [0.1, 0.15) is 18.4 Å². The summed E-state index contributed by atoms with van der Waals surface area (Å²) < 4.78 is 73.7. The lowest BCUT2D eigenvalue weighted by Crippen LogP contribution is -2.36. The summed E-state index contributed by atoms with van der Waals surface area (Å²) in [5, 5.41) is 0.0172. The van der Waals surface area contributed by atoms with E-state index in [-0.39, 0.29) is 10.6 Å². The van der Waals surface area contributed by atoms with Crippen LogP contribution in [0.3, 0.4) is 0 Å². The second kappa shape index (κ2) is 5.30. The summed E-state index contributed by atoms with van der Waals surface area (Å²) in [6.45, 7) is 0. The first kappa shape index (κ1) is 17.0. The molecule has 0 aliphatic carbocycles. The molecule has 11 heteroatoms. The number of allylic oxidation sites excluding steroid dienone is 1. The SMILES string of the molecule is O=C1C2=C3CCC(O3)C2C(=O)N1OS(=O)(=O)c1ccccc1C(F)(F)F. The van der Waals surface area contributed by atoms with Gasteiger partial charge in [0, 0.05) is 6.42 Å². The lowest BCUT2D eigenvalue weighted by molar-refractivity contribution is -0.165. The molecule has 7 nitrogen and oxygen atoms in total. The molecule has 26 heavy (non-hydrogen) atoms. The van der Waals surface area contributed by atoms with Crippen LogP contribution in [0.4, 0.5) is 13.2 Å². The number of benzene rings is 1. The van der Waals surface area contributed by atoms with Gasteiger partial charge in [-0.25, -0.2) is 0 Å². The summed E-state index contributed by atoms with van der Waals surface area (Å²) >= 11 is 0. The van der Waals surface area contributed by atoms with Crippen LogP contribution in [0.15, 0.2) is 40.5 Å². The van der Waals surface area contributed by atoms with Gasteiger partial charge in [-0.15, -0.1) is 9.35 Å². The van der Waals surface area contributed by atoms with Crippen LogP contribution in [0.25, 0.3) is 0 Å². The van der Waals surface area contributed by atoms with Crippen molar-refractivity contribution in [3.63, 3.8) is 0 Å². The zero-order valence-electron chi connectivity index (χ0n) is 12.8. The second-order valence-electron chi connectivity index (χ2n) is 5.97. The number of rotatable bonds is 3. The zero-order valence-corrected chi connectivity index (χ0v) is 13.6. The molecule has 2 amide bonds. The van der Waals surface area contributed by atoms with E-state index in [9.17, 15) is 31.2 Å². The number of amides is 2. The molecule has 0 aromatic heterocycles. The summed E-state index contributed by atoms with van der Waals surface area (Å²) in [4.78, 5) is 23.5. The van der Waals surface area contributed by atoms with Gasteiger partial charge in [0.1, 0.15) is 22.7 Å². The van der Waals surface area contributed by atoms with Crippen molar-refractivity contribution >= 4 is 21.9 Å². The molecular weight excluding hydrogens is 379 g/mol. The van der Waals surface area contributed by atoms with Crippen LogP contribution in [0.2, 0.25) is 0 Å². The van der Waals surface area contributed by atoms with Crippen molar-refractivity contribution in [1.29, 1.82) is 0 Å². The Morgan fingerprint density at radius 1 is 1.19 bits per heavy atom. The number of carbonyl (C=O) groups excluding carboxylic acids is 2. The van der Waals surface area contributed by atoms with Crippen LogP contribution in [0.5, 0.6) is 0 Å². The molecule has 1 aromatic rings.